The second-order valence-electron chi connectivity index (χ2n) is 9.76. The Kier molecular flexibility index (Phi) is 6.17. The number of hydrogen-bond acceptors (Lipinski definition) is 7. The van der Waals surface area contributed by atoms with Crippen LogP contribution in [0.4, 0.5) is 10.6 Å². The molecule has 11 heteroatoms. The topological polar surface area (TPSA) is 108 Å². The van der Waals surface area contributed by atoms with Gasteiger partial charge >= 0.3 is 6.03 Å². The van der Waals surface area contributed by atoms with Gasteiger partial charge in [-0.1, -0.05) is 0 Å². The number of fused-ring (bicyclic) bond motifs is 1. The SMILES string of the molecule is CO[C@H]1CCN(C(=O)N2CCN(c3ccc(-c4cc(-c5cnn(C)c5)cn5ncc(C#N)c45)cn3)CC2)C1. The fourth-order valence-corrected chi connectivity index (χ4v) is 5.31. The summed E-state index contributed by atoms with van der Waals surface area (Å²) in [6, 6.07) is 8.45. The standard InChI is InChI=1S/C27H29N9O2/c1-32-16-22(15-30-32)20-11-24(26-21(12-28)14-31-36(26)17-20)19-3-4-25(29-13-19)33-7-9-34(10-8-33)27(37)35-6-5-23(18-35)38-2/h3-4,11,13-17,23H,5-10,18H2,1-2H3/t23-/m0/s1. The summed E-state index contributed by atoms with van der Waals surface area (Å²) < 4.78 is 8.91. The van der Waals surface area contributed by atoms with Crippen LogP contribution in [0, 0.1) is 11.3 Å². The van der Waals surface area contributed by atoms with Gasteiger partial charge in [0.05, 0.1) is 29.6 Å². The van der Waals surface area contributed by atoms with Gasteiger partial charge in [0.25, 0.3) is 0 Å². The van der Waals surface area contributed by atoms with Crippen LogP contribution in [-0.4, -0.2) is 92.7 Å². The Bertz CT molecular complexity index is 1510. The van der Waals surface area contributed by atoms with Gasteiger partial charge in [-0.05, 0) is 24.6 Å². The summed E-state index contributed by atoms with van der Waals surface area (Å²) in [4.78, 5) is 23.7. The normalized spacial score (nSPS) is 17.8. The summed E-state index contributed by atoms with van der Waals surface area (Å²) >= 11 is 0. The second-order valence-corrected chi connectivity index (χ2v) is 9.76. The predicted molar refractivity (Wildman–Crippen MR) is 142 cm³/mol. The molecule has 2 saturated heterocycles. The molecule has 0 radical (unpaired) electrons. The van der Waals surface area contributed by atoms with Gasteiger partial charge in [0.15, 0.2) is 0 Å². The summed E-state index contributed by atoms with van der Waals surface area (Å²) in [7, 11) is 3.58. The fourth-order valence-electron chi connectivity index (χ4n) is 5.31. The first-order valence-corrected chi connectivity index (χ1v) is 12.7. The number of nitriles is 1. The maximum Gasteiger partial charge on any atom is 0.320 e. The molecule has 0 N–H and O–H groups in total. The number of piperazine rings is 1. The molecule has 0 spiro atoms. The number of hydrogen-bond donors (Lipinski definition) is 0. The van der Waals surface area contributed by atoms with Crippen LogP contribution < -0.4 is 4.90 Å². The third-order valence-electron chi connectivity index (χ3n) is 7.45. The monoisotopic (exact) mass is 511 g/mol. The Hall–Kier alpha value is -4.43. The summed E-state index contributed by atoms with van der Waals surface area (Å²) in [5.74, 6) is 0.870. The van der Waals surface area contributed by atoms with Crippen LogP contribution in [0.15, 0.2) is 49.2 Å². The number of urea groups is 1. The molecule has 2 aliphatic heterocycles. The predicted octanol–water partition coefficient (Wildman–Crippen LogP) is 2.63. The molecule has 2 fully saturated rings. The van der Waals surface area contributed by atoms with Crippen molar-refractivity contribution < 1.29 is 9.53 Å². The van der Waals surface area contributed by atoms with Crippen LogP contribution in [0.5, 0.6) is 0 Å². The van der Waals surface area contributed by atoms with Crippen LogP contribution in [0.25, 0.3) is 27.8 Å². The van der Waals surface area contributed by atoms with E-state index >= 15 is 0 Å². The first kappa shape index (κ1) is 23.9. The van der Waals surface area contributed by atoms with Crippen molar-refractivity contribution >= 4 is 17.4 Å². The minimum Gasteiger partial charge on any atom is -0.380 e. The van der Waals surface area contributed by atoms with Crippen molar-refractivity contribution in [1.82, 2.24) is 34.2 Å². The highest BCUT2D eigenvalue weighted by Gasteiger charge is 2.31. The van der Waals surface area contributed by atoms with Gasteiger partial charge < -0.3 is 19.4 Å². The van der Waals surface area contributed by atoms with E-state index in [9.17, 15) is 10.1 Å². The van der Waals surface area contributed by atoms with Gasteiger partial charge in [0.2, 0.25) is 0 Å². The molecule has 2 amide bonds. The number of ether oxygens (including phenoxy) is 1. The third kappa shape index (κ3) is 4.33. The van der Waals surface area contributed by atoms with Gasteiger partial charge in [0.1, 0.15) is 11.9 Å². The molecule has 194 valence electrons. The van der Waals surface area contributed by atoms with Gasteiger partial charge in [-0.25, -0.2) is 14.3 Å². The summed E-state index contributed by atoms with van der Waals surface area (Å²) in [5, 5.41) is 18.4. The molecular formula is C27H29N9O2. The number of pyridine rings is 2. The highest BCUT2D eigenvalue weighted by Crippen LogP contribution is 2.32. The Labute approximate surface area is 220 Å². The van der Waals surface area contributed by atoms with E-state index in [0.717, 1.165) is 59.6 Å². The van der Waals surface area contributed by atoms with Gasteiger partial charge in [-0.15, -0.1) is 0 Å². The molecule has 0 aliphatic carbocycles. The average molecular weight is 512 g/mol. The minimum atomic E-state index is 0.0964. The zero-order valence-corrected chi connectivity index (χ0v) is 21.5. The number of amides is 2. The maximum absolute atomic E-state index is 12.9. The number of rotatable bonds is 4. The lowest BCUT2D eigenvalue weighted by atomic mass is 10.0. The molecule has 6 rings (SSSR count). The van der Waals surface area contributed by atoms with Crippen LogP contribution in [0.3, 0.4) is 0 Å². The number of carbonyl (C=O) groups excluding carboxylic acids is 1. The highest BCUT2D eigenvalue weighted by molar-refractivity contribution is 5.87. The van der Waals surface area contributed by atoms with E-state index in [2.05, 4.69) is 27.2 Å². The van der Waals surface area contributed by atoms with E-state index in [4.69, 9.17) is 9.72 Å². The van der Waals surface area contributed by atoms with Crippen molar-refractivity contribution in [3.05, 3.63) is 54.7 Å². The molecule has 11 nitrogen and oxygen atoms in total. The van der Waals surface area contributed by atoms with Crippen molar-refractivity contribution in [2.75, 3.05) is 51.3 Å². The van der Waals surface area contributed by atoms with Crippen LogP contribution in [0.2, 0.25) is 0 Å². The zero-order valence-electron chi connectivity index (χ0n) is 21.5. The molecule has 6 heterocycles. The zero-order chi connectivity index (χ0) is 26.2. The first-order chi connectivity index (χ1) is 18.5. The molecule has 4 aromatic rings. The average Bonchev–Trinajstić information content (AvgIpc) is 3.72. The van der Waals surface area contributed by atoms with Crippen molar-refractivity contribution in [3.8, 4) is 28.3 Å². The Morgan fingerprint density at radius 3 is 2.50 bits per heavy atom. The molecule has 4 aromatic heterocycles. The number of methoxy groups -OCH3 is 1. The van der Waals surface area contributed by atoms with Crippen molar-refractivity contribution in [2.24, 2.45) is 7.05 Å². The lowest BCUT2D eigenvalue weighted by Gasteiger charge is -2.37. The number of nitrogens with zero attached hydrogens (tertiary/aromatic N) is 9. The van der Waals surface area contributed by atoms with Crippen molar-refractivity contribution in [3.63, 3.8) is 0 Å². The molecular weight excluding hydrogens is 482 g/mol. The Morgan fingerprint density at radius 1 is 1.00 bits per heavy atom. The Morgan fingerprint density at radius 2 is 1.84 bits per heavy atom. The number of aromatic nitrogens is 5. The van der Waals surface area contributed by atoms with Gasteiger partial charge in [0, 0.05) is 94.3 Å². The van der Waals surface area contributed by atoms with E-state index < -0.39 is 0 Å². The van der Waals surface area contributed by atoms with Gasteiger partial charge in [-0.2, -0.15) is 15.5 Å². The van der Waals surface area contributed by atoms with E-state index in [1.54, 1.807) is 22.5 Å². The van der Waals surface area contributed by atoms with Crippen molar-refractivity contribution in [1.29, 1.82) is 5.26 Å². The third-order valence-corrected chi connectivity index (χ3v) is 7.45. The van der Waals surface area contributed by atoms with E-state index in [1.165, 1.54) is 0 Å². The fraction of sp³-hybridized carbons (Fsp3) is 0.370. The molecule has 38 heavy (non-hydrogen) atoms. The maximum atomic E-state index is 12.9. The van der Waals surface area contributed by atoms with Crippen molar-refractivity contribution in [2.45, 2.75) is 12.5 Å². The van der Waals surface area contributed by atoms with Crippen LogP contribution >= 0.6 is 0 Å². The quantitative estimate of drug-likeness (QED) is 0.414. The number of carbonyl (C=O) groups is 1. The molecule has 0 bridgehead atoms. The lowest BCUT2D eigenvalue weighted by molar-refractivity contribution is 0.105. The van der Waals surface area contributed by atoms with E-state index in [1.807, 2.05) is 53.8 Å². The van der Waals surface area contributed by atoms with Crippen LogP contribution in [-0.2, 0) is 11.8 Å². The molecule has 2 aliphatic rings. The first-order valence-electron chi connectivity index (χ1n) is 12.7. The highest BCUT2D eigenvalue weighted by atomic mass is 16.5. The number of aryl methyl sites for hydroxylation is 1. The molecule has 0 unspecified atom stereocenters. The van der Waals surface area contributed by atoms with E-state index in [0.29, 0.717) is 25.2 Å². The molecule has 1 atom stereocenters. The van der Waals surface area contributed by atoms with Gasteiger partial charge in [-0.3, -0.25) is 4.68 Å². The summed E-state index contributed by atoms with van der Waals surface area (Å²) in [6.45, 7) is 4.18. The minimum absolute atomic E-state index is 0.0964. The molecule has 0 saturated carbocycles. The summed E-state index contributed by atoms with van der Waals surface area (Å²) in [6.07, 6.45) is 10.1. The number of anilines is 1. The van der Waals surface area contributed by atoms with E-state index in [-0.39, 0.29) is 12.1 Å². The number of likely N-dealkylation sites (tertiary alicyclic amines) is 1. The summed E-state index contributed by atoms with van der Waals surface area (Å²) in [5.41, 5.74) is 4.96. The largest absolute Gasteiger partial charge is 0.380 e. The van der Waals surface area contributed by atoms with Crippen LogP contribution in [0.1, 0.15) is 12.0 Å². The molecule has 0 aromatic carbocycles. The second kappa shape index (κ2) is 9.79. The smallest absolute Gasteiger partial charge is 0.320 e. The lowest BCUT2D eigenvalue weighted by Crippen LogP contribution is -2.52. The Balaban J connectivity index is 1.21.